The van der Waals surface area contributed by atoms with Crippen LogP contribution in [-0.2, 0) is 0 Å². The summed E-state index contributed by atoms with van der Waals surface area (Å²) < 4.78 is 5.42. The van der Waals surface area contributed by atoms with Gasteiger partial charge in [0.2, 0.25) is 5.76 Å². The number of furan rings is 1. The number of carbonyl (C=O) groups is 1. The van der Waals surface area contributed by atoms with E-state index in [1.807, 2.05) is 6.07 Å². The molecule has 0 radical (unpaired) electrons. The van der Waals surface area contributed by atoms with Crippen LogP contribution in [0.3, 0.4) is 0 Å². The summed E-state index contributed by atoms with van der Waals surface area (Å²) in [7, 11) is 0. The van der Waals surface area contributed by atoms with E-state index in [2.05, 4.69) is 39.8 Å². The third kappa shape index (κ3) is 2.77. The molecule has 1 heterocycles. The maximum absolute atomic E-state index is 10.9. The van der Waals surface area contributed by atoms with Crippen LogP contribution in [0.1, 0.15) is 61.2 Å². The summed E-state index contributed by atoms with van der Waals surface area (Å²) in [6.45, 7) is 8.58. The van der Waals surface area contributed by atoms with Gasteiger partial charge in [-0.25, -0.2) is 4.79 Å². The van der Waals surface area contributed by atoms with Crippen LogP contribution >= 0.6 is 0 Å². The number of aromatic carboxylic acids is 1. The highest BCUT2D eigenvalue weighted by atomic mass is 16.4. The zero-order chi connectivity index (χ0) is 14.9. The molecule has 3 nitrogen and oxygen atoms in total. The van der Waals surface area contributed by atoms with Gasteiger partial charge in [0.1, 0.15) is 5.76 Å². The van der Waals surface area contributed by atoms with Gasteiger partial charge in [-0.2, -0.15) is 0 Å². The summed E-state index contributed by atoms with van der Waals surface area (Å²) in [6, 6.07) is 9.51. The number of carboxylic acid groups (broad SMARTS) is 1. The lowest BCUT2D eigenvalue weighted by Gasteiger charge is -2.15. The van der Waals surface area contributed by atoms with Gasteiger partial charge in [0, 0.05) is 5.56 Å². The van der Waals surface area contributed by atoms with Crippen LogP contribution < -0.4 is 0 Å². The van der Waals surface area contributed by atoms with Crippen molar-refractivity contribution in [2.75, 3.05) is 0 Å². The lowest BCUT2D eigenvalue weighted by Crippen LogP contribution is -1.96. The Morgan fingerprint density at radius 3 is 2.25 bits per heavy atom. The van der Waals surface area contributed by atoms with Crippen molar-refractivity contribution in [1.29, 1.82) is 0 Å². The van der Waals surface area contributed by atoms with Crippen LogP contribution in [0.2, 0.25) is 0 Å². The SMILES string of the molecule is CC(C)c1ccc(-c2ccc(C(=O)O)o2)c(C(C)C)c1. The van der Waals surface area contributed by atoms with Crippen molar-refractivity contribution in [3.8, 4) is 11.3 Å². The first-order valence-electron chi connectivity index (χ1n) is 6.87. The fourth-order valence-electron chi connectivity index (χ4n) is 2.24. The number of hydrogen-bond acceptors (Lipinski definition) is 2. The van der Waals surface area contributed by atoms with E-state index in [1.54, 1.807) is 6.07 Å². The molecule has 0 saturated carbocycles. The Morgan fingerprint density at radius 2 is 1.75 bits per heavy atom. The predicted octanol–water partition coefficient (Wildman–Crippen LogP) is 4.89. The minimum absolute atomic E-state index is 0.0253. The van der Waals surface area contributed by atoms with E-state index >= 15 is 0 Å². The zero-order valence-corrected chi connectivity index (χ0v) is 12.3. The summed E-state index contributed by atoms with van der Waals surface area (Å²) >= 11 is 0. The largest absolute Gasteiger partial charge is 0.475 e. The molecule has 1 aromatic carbocycles. The van der Waals surface area contributed by atoms with Gasteiger partial charge in [-0.1, -0.05) is 45.9 Å². The quantitative estimate of drug-likeness (QED) is 0.861. The third-order valence-corrected chi connectivity index (χ3v) is 3.45. The molecule has 20 heavy (non-hydrogen) atoms. The molecule has 0 unspecified atom stereocenters. The Hall–Kier alpha value is -2.03. The van der Waals surface area contributed by atoms with E-state index in [0.717, 1.165) is 5.56 Å². The van der Waals surface area contributed by atoms with Gasteiger partial charge in [0.25, 0.3) is 0 Å². The highest BCUT2D eigenvalue weighted by molar-refractivity contribution is 5.85. The average Bonchev–Trinajstić information content (AvgIpc) is 2.87. The van der Waals surface area contributed by atoms with Gasteiger partial charge >= 0.3 is 5.97 Å². The van der Waals surface area contributed by atoms with Gasteiger partial charge in [0.05, 0.1) is 0 Å². The molecule has 3 heteroatoms. The Bertz CT molecular complexity index is 621. The van der Waals surface area contributed by atoms with Crippen molar-refractivity contribution in [3.63, 3.8) is 0 Å². The summed E-state index contributed by atoms with van der Waals surface area (Å²) in [4.78, 5) is 10.9. The summed E-state index contributed by atoms with van der Waals surface area (Å²) in [5.41, 5.74) is 3.43. The summed E-state index contributed by atoms with van der Waals surface area (Å²) in [6.07, 6.45) is 0. The van der Waals surface area contributed by atoms with Crippen LogP contribution in [0.4, 0.5) is 0 Å². The molecule has 106 valence electrons. The van der Waals surface area contributed by atoms with E-state index in [9.17, 15) is 4.79 Å². The molecular weight excluding hydrogens is 252 g/mol. The van der Waals surface area contributed by atoms with Crippen LogP contribution in [0, 0.1) is 0 Å². The van der Waals surface area contributed by atoms with E-state index in [-0.39, 0.29) is 5.76 Å². The van der Waals surface area contributed by atoms with Crippen molar-refractivity contribution in [3.05, 3.63) is 47.2 Å². The maximum Gasteiger partial charge on any atom is 0.371 e. The summed E-state index contributed by atoms with van der Waals surface area (Å²) in [5.74, 6) is 0.361. The highest BCUT2D eigenvalue weighted by Crippen LogP contribution is 2.33. The van der Waals surface area contributed by atoms with Gasteiger partial charge in [-0.15, -0.1) is 0 Å². The summed E-state index contributed by atoms with van der Waals surface area (Å²) in [5, 5.41) is 8.95. The van der Waals surface area contributed by atoms with E-state index in [4.69, 9.17) is 9.52 Å². The normalized spacial score (nSPS) is 11.3. The molecule has 1 N–H and O–H groups in total. The number of rotatable bonds is 4. The second kappa shape index (κ2) is 5.53. The molecule has 0 amide bonds. The molecule has 0 aliphatic heterocycles. The predicted molar refractivity (Wildman–Crippen MR) is 79.3 cm³/mol. The maximum atomic E-state index is 10.9. The van der Waals surface area contributed by atoms with Crippen LogP contribution in [0.5, 0.6) is 0 Å². The van der Waals surface area contributed by atoms with Crippen molar-refractivity contribution in [2.24, 2.45) is 0 Å². The molecule has 2 rings (SSSR count). The average molecular weight is 272 g/mol. The molecule has 0 atom stereocenters. The number of hydrogen-bond donors (Lipinski definition) is 1. The minimum atomic E-state index is -1.04. The van der Waals surface area contributed by atoms with Crippen LogP contribution in [-0.4, -0.2) is 11.1 Å². The second-order valence-corrected chi connectivity index (χ2v) is 5.63. The lowest BCUT2D eigenvalue weighted by atomic mass is 9.91. The van der Waals surface area contributed by atoms with Gasteiger partial charge in [0.15, 0.2) is 0 Å². The Labute approximate surface area is 119 Å². The first-order valence-corrected chi connectivity index (χ1v) is 6.87. The van der Waals surface area contributed by atoms with Crippen LogP contribution in [0.15, 0.2) is 34.7 Å². The van der Waals surface area contributed by atoms with E-state index in [1.165, 1.54) is 17.2 Å². The standard InChI is InChI=1S/C17H20O3/c1-10(2)12-5-6-13(14(9-12)11(3)4)15-7-8-16(20-15)17(18)19/h5-11H,1-4H3,(H,18,19). The van der Waals surface area contributed by atoms with Crippen LogP contribution in [0.25, 0.3) is 11.3 Å². The minimum Gasteiger partial charge on any atom is -0.475 e. The monoisotopic (exact) mass is 272 g/mol. The van der Waals surface area contributed by atoms with Gasteiger partial charge in [-0.05, 0) is 35.1 Å². The van der Waals surface area contributed by atoms with Crippen molar-refractivity contribution < 1.29 is 14.3 Å². The fourth-order valence-corrected chi connectivity index (χ4v) is 2.24. The lowest BCUT2D eigenvalue weighted by molar-refractivity contribution is 0.0663. The third-order valence-electron chi connectivity index (χ3n) is 3.45. The topological polar surface area (TPSA) is 50.4 Å². The Kier molecular flexibility index (Phi) is 3.98. The second-order valence-electron chi connectivity index (χ2n) is 5.63. The van der Waals surface area contributed by atoms with Crippen molar-refractivity contribution in [1.82, 2.24) is 0 Å². The first-order chi connectivity index (χ1) is 9.40. The van der Waals surface area contributed by atoms with E-state index < -0.39 is 5.97 Å². The van der Waals surface area contributed by atoms with Gasteiger partial charge < -0.3 is 9.52 Å². The van der Waals surface area contributed by atoms with Gasteiger partial charge in [-0.3, -0.25) is 0 Å². The zero-order valence-electron chi connectivity index (χ0n) is 12.3. The van der Waals surface area contributed by atoms with E-state index in [0.29, 0.717) is 17.6 Å². The van der Waals surface area contributed by atoms with Crippen molar-refractivity contribution in [2.45, 2.75) is 39.5 Å². The van der Waals surface area contributed by atoms with Crippen molar-refractivity contribution >= 4 is 5.97 Å². The Morgan fingerprint density at radius 1 is 1.05 bits per heavy atom. The molecule has 1 aromatic heterocycles. The Balaban J connectivity index is 2.52. The highest BCUT2D eigenvalue weighted by Gasteiger charge is 2.16. The number of carboxylic acids is 1. The molecule has 0 spiro atoms. The molecule has 0 saturated heterocycles. The molecule has 0 aliphatic carbocycles. The molecular formula is C17H20O3. The first kappa shape index (κ1) is 14.4. The number of benzene rings is 1. The molecule has 0 bridgehead atoms. The molecule has 2 aromatic rings. The fraction of sp³-hybridized carbons (Fsp3) is 0.353. The smallest absolute Gasteiger partial charge is 0.371 e. The molecule has 0 aliphatic rings. The molecule has 0 fully saturated rings.